The molecule has 0 spiro atoms. The lowest BCUT2D eigenvalue weighted by atomic mass is 10.4. The van der Waals surface area contributed by atoms with Gasteiger partial charge >= 0.3 is 5.97 Å². The number of hydrogen-bond acceptors (Lipinski definition) is 4. The Morgan fingerprint density at radius 1 is 1.62 bits per heavy atom. The maximum absolute atomic E-state index is 11.0. The van der Waals surface area contributed by atoms with Gasteiger partial charge in [0.2, 0.25) is 5.88 Å². The van der Waals surface area contributed by atoms with E-state index < -0.39 is 5.97 Å². The zero-order chi connectivity index (χ0) is 9.84. The minimum absolute atomic E-state index is 0.0233. The molecule has 1 N–H and O–H groups in total. The predicted molar refractivity (Wildman–Crippen MR) is 46.4 cm³/mol. The third-order valence-corrected chi connectivity index (χ3v) is 1.27. The van der Waals surface area contributed by atoms with E-state index in [1.165, 1.54) is 18.3 Å². The number of nitrogens with zero attached hydrogens (tertiary/aromatic N) is 1. The van der Waals surface area contributed by atoms with Gasteiger partial charge in [-0.2, -0.15) is 0 Å². The fourth-order valence-electron chi connectivity index (χ4n) is 0.615. The number of aromatic hydroxyl groups is 1. The number of esters is 1. The second kappa shape index (κ2) is 3.71. The molecule has 0 aliphatic carbocycles. The van der Waals surface area contributed by atoms with E-state index in [1.807, 2.05) is 0 Å². The van der Waals surface area contributed by atoms with Crippen molar-refractivity contribution in [3.05, 3.63) is 30.5 Å². The Morgan fingerprint density at radius 3 is 2.77 bits per heavy atom. The lowest BCUT2D eigenvalue weighted by Crippen LogP contribution is -2.08. The number of carbonyl (C=O) groups is 1. The minimum Gasteiger partial charge on any atom is -0.506 e. The minimum atomic E-state index is -0.529. The van der Waals surface area contributed by atoms with E-state index in [9.17, 15) is 4.79 Å². The summed E-state index contributed by atoms with van der Waals surface area (Å²) in [5, 5.41) is 8.88. The quantitative estimate of drug-likeness (QED) is 0.548. The van der Waals surface area contributed by atoms with Crippen LogP contribution in [0.3, 0.4) is 0 Å². The van der Waals surface area contributed by atoms with Gasteiger partial charge in [0.05, 0.1) is 6.20 Å². The van der Waals surface area contributed by atoms with Crippen LogP contribution in [0, 0.1) is 0 Å². The Labute approximate surface area is 75.5 Å². The first-order valence-corrected chi connectivity index (χ1v) is 3.62. The van der Waals surface area contributed by atoms with Gasteiger partial charge < -0.3 is 9.84 Å². The normalized spacial score (nSPS) is 9.31. The molecule has 0 unspecified atom stereocenters. The third-order valence-electron chi connectivity index (χ3n) is 1.27. The van der Waals surface area contributed by atoms with Gasteiger partial charge in [0.15, 0.2) is 0 Å². The van der Waals surface area contributed by atoms with Crippen LogP contribution in [-0.4, -0.2) is 16.1 Å². The number of aromatic nitrogens is 1. The van der Waals surface area contributed by atoms with Gasteiger partial charge in [0, 0.05) is 11.6 Å². The van der Waals surface area contributed by atoms with E-state index in [4.69, 9.17) is 9.84 Å². The smallest absolute Gasteiger partial charge is 0.339 e. The van der Waals surface area contributed by atoms with Crippen LogP contribution >= 0.6 is 0 Å². The monoisotopic (exact) mass is 179 g/mol. The highest BCUT2D eigenvalue weighted by atomic mass is 16.5. The SMILES string of the molecule is C=C(C)C(=O)Oc1ccc(O)cn1. The highest BCUT2D eigenvalue weighted by Crippen LogP contribution is 2.12. The molecule has 0 bridgehead atoms. The molecule has 0 atom stereocenters. The van der Waals surface area contributed by atoms with Crippen LogP contribution in [0.15, 0.2) is 30.5 Å². The van der Waals surface area contributed by atoms with Crippen molar-refractivity contribution in [3.8, 4) is 11.6 Å². The van der Waals surface area contributed by atoms with E-state index in [2.05, 4.69) is 11.6 Å². The molecule has 1 aromatic heterocycles. The molecular formula is C9H9NO3. The molecule has 68 valence electrons. The van der Waals surface area contributed by atoms with Crippen LogP contribution in [0.4, 0.5) is 0 Å². The van der Waals surface area contributed by atoms with Crippen LogP contribution in [0.2, 0.25) is 0 Å². The molecular weight excluding hydrogens is 170 g/mol. The van der Waals surface area contributed by atoms with Crippen molar-refractivity contribution in [2.75, 3.05) is 0 Å². The van der Waals surface area contributed by atoms with Crippen LogP contribution in [0.1, 0.15) is 6.92 Å². The maximum Gasteiger partial charge on any atom is 0.339 e. The highest BCUT2D eigenvalue weighted by molar-refractivity contribution is 5.88. The van der Waals surface area contributed by atoms with Gasteiger partial charge in [-0.25, -0.2) is 9.78 Å². The van der Waals surface area contributed by atoms with Gasteiger partial charge in [-0.3, -0.25) is 0 Å². The summed E-state index contributed by atoms with van der Waals surface area (Å²) in [7, 11) is 0. The van der Waals surface area contributed by atoms with E-state index in [-0.39, 0.29) is 11.6 Å². The zero-order valence-electron chi connectivity index (χ0n) is 7.15. The number of hydrogen-bond donors (Lipinski definition) is 1. The summed E-state index contributed by atoms with van der Waals surface area (Å²) in [4.78, 5) is 14.6. The van der Waals surface area contributed by atoms with E-state index in [0.29, 0.717) is 5.57 Å². The Balaban J connectivity index is 2.70. The Morgan fingerprint density at radius 2 is 2.31 bits per heavy atom. The summed E-state index contributed by atoms with van der Waals surface area (Å²) in [6.07, 6.45) is 1.20. The average Bonchev–Trinajstić information content (AvgIpc) is 2.08. The second-order valence-corrected chi connectivity index (χ2v) is 2.52. The summed E-state index contributed by atoms with van der Waals surface area (Å²) >= 11 is 0. The lowest BCUT2D eigenvalue weighted by Gasteiger charge is -2.01. The zero-order valence-corrected chi connectivity index (χ0v) is 7.15. The molecule has 0 fully saturated rings. The van der Waals surface area contributed by atoms with Crippen molar-refractivity contribution in [1.29, 1.82) is 0 Å². The molecule has 13 heavy (non-hydrogen) atoms. The lowest BCUT2D eigenvalue weighted by molar-refractivity contribution is -0.130. The van der Waals surface area contributed by atoms with Gasteiger partial charge in [-0.1, -0.05) is 6.58 Å². The molecule has 4 heteroatoms. The number of pyridine rings is 1. The molecule has 0 radical (unpaired) electrons. The van der Waals surface area contributed by atoms with Crippen LogP contribution in [-0.2, 0) is 4.79 Å². The van der Waals surface area contributed by atoms with Gasteiger partial charge in [0.25, 0.3) is 0 Å². The Kier molecular flexibility index (Phi) is 2.64. The van der Waals surface area contributed by atoms with Gasteiger partial charge in [0.1, 0.15) is 5.75 Å². The molecule has 4 nitrogen and oxygen atoms in total. The molecule has 0 aliphatic rings. The summed E-state index contributed by atoms with van der Waals surface area (Å²) in [5.74, 6) is -0.362. The first-order valence-electron chi connectivity index (χ1n) is 3.62. The predicted octanol–water partition coefficient (Wildman–Crippen LogP) is 1.27. The molecule has 0 aliphatic heterocycles. The largest absolute Gasteiger partial charge is 0.506 e. The molecule has 1 rings (SSSR count). The van der Waals surface area contributed by atoms with Crippen LogP contribution < -0.4 is 4.74 Å². The number of rotatable bonds is 2. The second-order valence-electron chi connectivity index (χ2n) is 2.52. The molecule has 0 amide bonds. The first-order chi connectivity index (χ1) is 6.09. The summed E-state index contributed by atoms with van der Waals surface area (Å²) < 4.78 is 4.77. The van der Waals surface area contributed by atoms with Crippen molar-refractivity contribution in [3.63, 3.8) is 0 Å². The molecule has 0 saturated heterocycles. The third kappa shape index (κ3) is 2.59. The van der Waals surface area contributed by atoms with Crippen molar-refractivity contribution >= 4 is 5.97 Å². The van der Waals surface area contributed by atoms with Gasteiger partial charge in [-0.05, 0) is 13.0 Å². The summed E-state index contributed by atoms with van der Waals surface area (Å²) in [6.45, 7) is 4.96. The van der Waals surface area contributed by atoms with Crippen molar-refractivity contribution in [2.24, 2.45) is 0 Å². The number of ether oxygens (including phenoxy) is 1. The molecule has 1 heterocycles. The molecule has 0 aromatic carbocycles. The Hall–Kier alpha value is -1.84. The first kappa shape index (κ1) is 9.25. The summed E-state index contributed by atoms with van der Waals surface area (Å²) in [5.41, 5.74) is 0.301. The maximum atomic E-state index is 11.0. The standard InChI is InChI=1S/C9H9NO3/c1-6(2)9(12)13-8-4-3-7(11)5-10-8/h3-5,11H,1H2,2H3. The average molecular weight is 179 g/mol. The van der Waals surface area contributed by atoms with E-state index >= 15 is 0 Å². The van der Waals surface area contributed by atoms with Gasteiger partial charge in [-0.15, -0.1) is 0 Å². The van der Waals surface area contributed by atoms with Crippen molar-refractivity contribution in [1.82, 2.24) is 4.98 Å². The Bertz CT molecular complexity index is 329. The fourth-order valence-corrected chi connectivity index (χ4v) is 0.615. The highest BCUT2D eigenvalue weighted by Gasteiger charge is 2.05. The van der Waals surface area contributed by atoms with Crippen LogP contribution in [0.25, 0.3) is 0 Å². The topological polar surface area (TPSA) is 59.4 Å². The van der Waals surface area contributed by atoms with Crippen LogP contribution in [0.5, 0.6) is 11.6 Å². The van der Waals surface area contributed by atoms with Crippen molar-refractivity contribution in [2.45, 2.75) is 6.92 Å². The molecule has 1 aromatic rings. The molecule has 0 saturated carbocycles. The van der Waals surface area contributed by atoms with E-state index in [0.717, 1.165) is 0 Å². The fraction of sp³-hybridized carbons (Fsp3) is 0.111. The van der Waals surface area contributed by atoms with Crippen molar-refractivity contribution < 1.29 is 14.6 Å². The summed E-state index contributed by atoms with van der Waals surface area (Å²) in [6, 6.07) is 2.78. The number of carbonyl (C=O) groups excluding carboxylic acids is 1. The van der Waals surface area contributed by atoms with E-state index in [1.54, 1.807) is 6.92 Å².